The quantitative estimate of drug-likeness (QED) is 0.100. The lowest BCUT2D eigenvalue weighted by Gasteiger charge is -2.26. The molecule has 0 fully saturated rings. The van der Waals surface area contributed by atoms with Gasteiger partial charge in [0.1, 0.15) is 12.4 Å². The molecule has 3 atom stereocenters. The highest BCUT2D eigenvalue weighted by Crippen LogP contribution is 2.52. The maximum absolute atomic E-state index is 13.2. The van der Waals surface area contributed by atoms with Crippen molar-refractivity contribution >= 4 is 31.3 Å². The molecule has 0 aromatic heterocycles. The zero-order chi connectivity index (χ0) is 25.8. The van der Waals surface area contributed by atoms with E-state index in [9.17, 15) is 24.2 Å². The third-order valence-electron chi connectivity index (χ3n) is 4.92. The number of amides is 1. The van der Waals surface area contributed by atoms with Crippen LogP contribution in [0.1, 0.15) is 49.8 Å². The molecule has 0 spiro atoms. The van der Waals surface area contributed by atoms with E-state index in [0.29, 0.717) is 12.1 Å². The number of hydrogen-bond donors (Lipinski definition) is 6. The van der Waals surface area contributed by atoms with Gasteiger partial charge in [0.05, 0.1) is 0 Å². The molecule has 11 nitrogen and oxygen atoms in total. The number of carboxylic acids is 1. The van der Waals surface area contributed by atoms with Crippen molar-refractivity contribution in [3.63, 3.8) is 0 Å². The van der Waals surface area contributed by atoms with Gasteiger partial charge in [-0.15, -0.1) is 0 Å². The Kier molecular flexibility index (Phi) is 10.7. The molecular formula is C23H31N4O7P. The molecule has 0 heterocycles. The van der Waals surface area contributed by atoms with E-state index in [1.54, 1.807) is 30.3 Å². The van der Waals surface area contributed by atoms with Crippen molar-refractivity contribution in [3.05, 3.63) is 65.7 Å². The number of ether oxygens (including phenoxy) is 1. The first-order chi connectivity index (χ1) is 16.6. The summed E-state index contributed by atoms with van der Waals surface area (Å²) in [5, 5.41) is 21.9. The number of carbonyl (C=O) groups is 2. The van der Waals surface area contributed by atoms with E-state index in [1.807, 2.05) is 13.0 Å². The van der Waals surface area contributed by atoms with E-state index >= 15 is 0 Å². The van der Waals surface area contributed by atoms with Crippen LogP contribution in [0.2, 0.25) is 0 Å². The third-order valence-corrected chi connectivity index (χ3v) is 6.61. The Balaban J connectivity index is 2.18. The first-order valence-electron chi connectivity index (χ1n) is 11.0. The number of unbranched alkanes of at least 4 members (excludes halogenated alkanes) is 2. The number of carboxylic acid groups (broad SMARTS) is 1. The molecule has 0 aliphatic rings. The highest BCUT2D eigenvalue weighted by atomic mass is 31.2. The van der Waals surface area contributed by atoms with E-state index in [-0.39, 0.29) is 24.6 Å². The maximum Gasteiger partial charge on any atom is 0.408 e. The van der Waals surface area contributed by atoms with Crippen LogP contribution in [0.15, 0.2) is 54.6 Å². The smallest absolute Gasteiger partial charge is 0.408 e. The summed E-state index contributed by atoms with van der Waals surface area (Å²) in [6, 6.07) is 14.7. The predicted octanol–water partition coefficient (Wildman–Crippen LogP) is 4.15. The van der Waals surface area contributed by atoms with Crippen LogP contribution in [-0.4, -0.2) is 33.8 Å². The van der Waals surface area contributed by atoms with Crippen LogP contribution in [0.4, 0.5) is 10.5 Å². The third kappa shape index (κ3) is 9.40. The summed E-state index contributed by atoms with van der Waals surface area (Å²) < 4.78 is 23.6. The Labute approximate surface area is 203 Å². The zero-order valence-corrected chi connectivity index (χ0v) is 20.2. The van der Waals surface area contributed by atoms with Crippen molar-refractivity contribution in [2.24, 2.45) is 5.73 Å². The summed E-state index contributed by atoms with van der Waals surface area (Å²) >= 11 is 0. The van der Waals surface area contributed by atoms with E-state index in [2.05, 4.69) is 10.6 Å². The summed E-state index contributed by atoms with van der Waals surface area (Å²) in [5.74, 6) is -3.24. The fourth-order valence-corrected chi connectivity index (χ4v) is 4.65. The van der Waals surface area contributed by atoms with Crippen molar-refractivity contribution in [1.82, 2.24) is 5.32 Å². The van der Waals surface area contributed by atoms with Gasteiger partial charge in [0.2, 0.25) is 0 Å². The first-order valence-corrected chi connectivity index (χ1v) is 12.7. The monoisotopic (exact) mass is 506 g/mol. The summed E-state index contributed by atoms with van der Waals surface area (Å²) in [7, 11) is -4.69. The van der Waals surface area contributed by atoms with Crippen LogP contribution < -0.4 is 16.4 Å². The van der Waals surface area contributed by atoms with E-state index in [4.69, 9.17) is 20.4 Å². The van der Waals surface area contributed by atoms with Crippen molar-refractivity contribution in [3.8, 4) is 0 Å². The van der Waals surface area contributed by atoms with Gasteiger partial charge >= 0.3 is 19.7 Å². The number of guanidine groups is 1. The molecule has 12 heteroatoms. The molecule has 0 saturated carbocycles. The van der Waals surface area contributed by atoms with Crippen LogP contribution in [0.3, 0.4) is 0 Å². The summed E-state index contributed by atoms with van der Waals surface area (Å²) in [6.07, 6.45) is -0.582. The number of nitrogens with two attached hydrogens (primary N) is 1. The second-order valence-electron chi connectivity index (χ2n) is 7.77. The number of benzene rings is 2. The lowest BCUT2D eigenvalue weighted by atomic mass is 10.1. The normalized spacial score (nSPS) is 14.2. The minimum atomic E-state index is -4.69. The van der Waals surface area contributed by atoms with Gasteiger partial charge in [0.15, 0.2) is 12.1 Å². The molecule has 2 aromatic rings. The second-order valence-corrected chi connectivity index (χ2v) is 9.73. The molecule has 0 saturated heterocycles. The molecule has 0 radical (unpaired) electrons. The second kappa shape index (κ2) is 13.5. The van der Waals surface area contributed by atoms with Gasteiger partial charge in [-0.2, -0.15) is 0 Å². The van der Waals surface area contributed by atoms with E-state index in [0.717, 1.165) is 18.4 Å². The Hall–Kier alpha value is -3.40. The molecule has 0 aliphatic heterocycles. The van der Waals surface area contributed by atoms with Crippen LogP contribution in [0.5, 0.6) is 0 Å². The fraction of sp³-hybridized carbons (Fsp3) is 0.348. The van der Waals surface area contributed by atoms with Crippen LogP contribution in [0.25, 0.3) is 0 Å². The topological polar surface area (TPSA) is 184 Å². The molecule has 2 rings (SSSR count). The number of rotatable bonds is 13. The minimum absolute atomic E-state index is 0.0430. The van der Waals surface area contributed by atoms with Gasteiger partial charge in [0.25, 0.3) is 0 Å². The molecule has 3 unspecified atom stereocenters. The molecule has 35 heavy (non-hydrogen) atoms. The highest BCUT2D eigenvalue weighted by Gasteiger charge is 2.39. The lowest BCUT2D eigenvalue weighted by Crippen LogP contribution is -2.36. The van der Waals surface area contributed by atoms with E-state index < -0.39 is 31.5 Å². The van der Waals surface area contributed by atoms with Gasteiger partial charge in [-0.3, -0.25) is 14.5 Å². The maximum atomic E-state index is 13.2. The molecule has 0 aliphatic carbocycles. The number of carbonyl (C=O) groups excluding carboxylic acids is 1. The van der Waals surface area contributed by atoms with Gasteiger partial charge in [0, 0.05) is 5.69 Å². The van der Waals surface area contributed by atoms with Crippen LogP contribution >= 0.6 is 7.60 Å². The molecule has 190 valence electrons. The average molecular weight is 506 g/mol. The van der Waals surface area contributed by atoms with Crippen LogP contribution in [0, 0.1) is 5.41 Å². The van der Waals surface area contributed by atoms with Crippen molar-refractivity contribution in [2.45, 2.75) is 51.1 Å². The van der Waals surface area contributed by atoms with Gasteiger partial charge in [-0.1, -0.05) is 68.7 Å². The SMILES string of the molecule is CCCCCC(NC(=O)OCc1ccccc1)P(=O)(O)OC(C(=O)O)c1cccc(NC(=N)N)c1. The van der Waals surface area contributed by atoms with E-state index in [1.165, 1.54) is 18.2 Å². The number of nitrogens with one attached hydrogen (secondary N) is 3. The van der Waals surface area contributed by atoms with Crippen molar-refractivity contribution < 1.29 is 33.4 Å². The molecular weight excluding hydrogens is 475 g/mol. The lowest BCUT2D eigenvalue weighted by molar-refractivity contribution is -0.145. The number of hydrogen-bond acceptors (Lipinski definition) is 6. The van der Waals surface area contributed by atoms with Gasteiger partial charge in [-0.05, 0) is 29.7 Å². The highest BCUT2D eigenvalue weighted by molar-refractivity contribution is 7.53. The summed E-state index contributed by atoms with van der Waals surface area (Å²) in [6.45, 7) is 1.91. The molecule has 7 N–H and O–H groups in total. The molecule has 0 bridgehead atoms. The first kappa shape index (κ1) is 27.8. The average Bonchev–Trinajstić information content (AvgIpc) is 2.81. The molecule has 1 amide bonds. The Morgan fingerprint density at radius 3 is 2.49 bits per heavy atom. The Morgan fingerprint density at radius 2 is 1.86 bits per heavy atom. The minimum Gasteiger partial charge on any atom is -0.479 e. The Bertz CT molecular complexity index is 1050. The number of alkyl carbamates (subject to hydrolysis) is 1. The number of aliphatic carboxylic acids is 1. The number of anilines is 1. The summed E-state index contributed by atoms with van der Waals surface area (Å²) in [4.78, 5) is 35.0. The largest absolute Gasteiger partial charge is 0.479 e. The fourth-order valence-electron chi connectivity index (χ4n) is 3.21. The van der Waals surface area contributed by atoms with Gasteiger partial charge < -0.3 is 31.1 Å². The molecule has 2 aromatic carbocycles. The summed E-state index contributed by atoms with van der Waals surface area (Å²) in [5.41, 5.74) is 6.40. The standard InChI is InChI=1S/C23H31N4O7P/c1-2-3-5-13-19(27-23(30)33-15-16-9-6-4-7-10-16)35(31,32)34-20(21(28)29)17-11-8-12-18(14-17)26-22(24)25/h4,6-12,14,19-20H,2-3,5,13,15H2,1H3,(H,27,30)(H,28,29)(H,31,32)(H4,24,25,26). The van der Waals surface area contributed by atoms with Crippen molar-refractivity contribution in [1.29, 1.82) is 5.41 Å². The Morgan fingerprint density at radius 1 is 1.14 bits per heavy atom. The van der Waals surface area contributed by atoms with Crippen molar-refractivity contribution in [2.75, 3.05) is 5.32 Å². The zero-order valence-electron chi connectivity index (χ0n) is 19.3. The predicted molar refractivity (Wildman–Crippen MR) is 131 cm³/mol. The van der Waals surface area contributed by atoms with Crippen LogP contribution in [-0.2, 0) is 25.2 Å². The van der Waals surface area contributed by atoms with Gasteiger partial charge in [-0.25, -0.2) is 9.59 Å².